The molecule has 0 radical (unpaired) electrons. The highest BCUT2D eigenvalue weighted by Crippen LogP contribution is 2.35. The van der Waals surface area contributed by atoms with Crippen molar-refractivity contribution >= 4 is 28.9 Å². The summed E-state index contributed by atoms with van der Waals surface area (Å²) in [5.74, 6) is 0.376. The standard InChI is InChI=1S/C33H41N7O3/c1-24-6-10-26(11-7-24)33(42)14-17-39(18-15-33)28-5-4-16-40-29(28)35-31(37-40)34-27-12-8-25(9-13-27)30(41)36-32(2,3)23-38-19-21-43-22-20-38/h4-13,16,42H,14-15,17-23H2,1-3H3,(H,34,37)(H,36,41). The van der Waals surface area contributed by atoms with Gasteiger partial charge < -0.3 is 25.4 Å². The predicted octanol–water partition coefficient (Wildman–Crippen LogP) is 4.11. The zero-order valence-electron chi connectivity index (χ0n) is 25.2. The molecule has 0 bridgehead atoms. The number of aliphatic hydroxyl groups is 1. The molecule has 0 aliphatic carbocycles. The fourth-order valence-corrected chi connectivity index (χ4v) is 6.03. The summed E-state index contributed by atoms with van der Waals surface area (Å²) in [6, 6.07) is 19.6. The van der Waals surface area contributed by atoms with Crippen molar-refractivity contribution in [2.24, 2.45) is 0 Å². The molecule has 2 saturated heterocycles. The third kappa shape index (κ3) is 6.66. The van der Waals surface area contributed by atoms with E-state index in [0.717, 1.165) is 55.4 Å². The summed E-state index contributed by atoms with van der Waals surface area (Å²) in [6.45, 7) is 11.6. The lowest BCUT2D eigenvalue weighted by atomic mass is 9.84. The second kappa shape index (κ2) is 11.9. The summed E-state index contributed by atoms with van der Waals surface area (Å²) < 4.78 is 7.21. The summed E-state index contributed by atoms with van der Waals surface area (Å²) in [5.41, 5.74) is 4.11. The van der Waals surface area contributed by atoms with Gasteiger partial charge in [-0.25, -0.2) is 4.52 Å². The van der Waals surface area contributed by atoms with E-state index < -0.39 is 5.60 Å². The molecular weight excluding hydrogens is 542 g/mol. The van der Waals surface area contributed by atoms with Gasteiger partial charge in [-0.3, -0.25) is 9.69 Å². The predicted molar refractivity (Wildman–Crippen MR) is 168 cm³/mol. The molecule has 0 unspecified atom stereocenters. The number of hydrogen-bond donors (Lipinski definition) is 3. The first kappa shape index (κ1) is 29.1. The van der Waals surface area contributed by atoms with Crippen molar-refractivity contribution in [1.29, 1.82) is 0 Å². The van der Waals surface area contributed by atoms with E-state index in [1.54, 1.807) is 4.52 Å². The van der Waals surface area contributed by atoms with Crippen molar-refractivity contribution in [3.8, 4) is 0 Å². The molecule has 43 heavy (non-hydrogen) atoms. The van der Waals surface area contributed by atoms with Crippen LogP contribution < -0.4 is 15.5 Å². The summed E-state index contributed by atoms with van der Waals surface area (Å²) in [7, 11) is 0. The van der Waals surface area contributed by atoms with Crippen LogP contribution in [0.15, 0.2) is 66.9 Å². The van der Waals surface area contributed by atoms with Crippen molar-refractivity contribution < 1.29 is 14.6 Å². The lowest BCUT2D eigenvalue weighted by Gasteiger charge is -2.39. The molecule has 6 rings (SSSR count). The zero-order chi connectivity index (χ0) is 30.0. The minimum Gasteiger partial charge on any atom is -0.385 e. The number of benzene rings is 2. The Bertz CT molecular complexity index is 1550. The van der Waals surface area contributed by atoms with Gasteiger partial charge in [0.25, 0.3) is 5.91 Å². The van der Waals surface area contributed by atoms with Crippen molar-refractivity contribution in [1.82, 2.24) is 24.8 Å². The van der Waals surface area contributed by atoms with Gasteiger partial charge in [0, 0.05) is 55.7 Å². The van der Waals surface area contributed by atoms with E-state index in [1.165, 1.54) is 5.56 Å². The third-order valence-corrected chi connectivity index (χ3v) is 8.44. The molecule has 10 nitrogen and oxygen atoms in total. The van der Waals surface area contributed by atoms with Crippen LogP contribution in [0.1, 0.15) is 48.2 Å². The molecule has 2 aromatic carbocycles. The Labute approximate surface area is 252 Å². The Morgan fingerprint density at radius 1 is 1.00 bits per heavy atom. The molecule has 0 spiro atoms. The number of fused-ring (bicyclic) bond motifs is 1. The normalized spacial score (nSPS) is 17.6. The Morgan fingerprint density at radius 2 is 1.70 bits per heavy atom. The highest BCUT2D eigenvalue weighted by atomic mass is 16.5. The number of aromatic nitrogens is 3. The average Bonchev–Trinajstić information content (AvgIpc) is 3.41. The van der Waals surface area contributed by atoms with E-state index in [2.05, 4.69) is 50.7 Å². The smallest absolute Gasteiger partial charge is 0.251 e. The Morgan fingerprint density at radius 3 is 2.40 bits per heavy atom. The number of aryl methyl sites for hydroxylation is 1. The number of rotatable bonds is 8. The van der Waals surface area contributed by atoms with Crippen molar-refractivity contribution in [2.75, 3.05) is 56.2 Å². The highest BCUT2D eigenvalue weighted by molar-refractivity contribution is 5.95. The van der Waals surface area contributed by atoms with Gasteiger partial charge in [0.1, 0.15) is 0 Å². The van der Waals surface area contributed by atoms with Gasteiger partial charge in [-0.2, -0.15) is 4.98 Å². The minimum atomic E-state index is -0.822. The van der Waals surface area contributed by atoms with Crippen molar-refractivity contribution in [3.05, 3.63) is 83.6 Å². The number of anilines is 3. The quantitative estimate of drug-likeness (QED) is 0.285. The average molecular weight is 584 g/mol. The molecule has 10 heteroatoms. The molecule has 2 aromatic heterocycles. The van der Waals surface area contributed by atoms with Gasteiger partial charge in [0.15, 0.2) is 5.65 Å². The first-order valence-corrected chi connectivity index (χ1v) is 15.1. The molecule has 0 atom stereocenters. The van der Waals surface area contributed by atoms with Gasteiger partial charge in [-0.15, -0.1) is 5.10 Å². The number of nitrogens with zero attached hydrogens (tertiary/aromatic N) is 5. The van der Waals surface area contributed by atoms with Crippen LogP contribution >= 0.6 is 0 Å². The van der Waals surface area contributed by atoms with E-state index >= 15 is 0 Å². The van der Waals surface area contributed by atoms with Crippen LogP contribution in [0.4, 0.5) is 17.3 Å². The van der Waals surface area contributed by atoms with E-state index in [9.17, 15) is 9.90 Å². The summed E-state index contributed by atoms with van der Waals surface area (Å²) in [5, 5.41) is 22.4. The van der Waals surface area contributed by atoms with Crippen LogP contribution in [0.5, 0.6) is 0 Å². The summed E-state index contributed by atoms with van der Waals surface area (Å²) in [4.78, 5) is 22.4. The number of carbonyl (C=O) groups is 1. The number of ether oxygens (including phenoxy) is 1. The van der Waals surface area contributed by atoms with Crippen LogP contribution in [-0.4, -0.2) is 82.0 Å². The summed E-state index contributed by atoms with van der Waals surface area (Å²) >= 11 is 0. The van der Waals surface area contributed by atoms with Crippen molar-refractivity contribution in [2.45, 2.75) is 44.8 Å². The number of pyridine rings is 1. The van der Waals surface area contributed by atoms with Crippen molar-refractivity contribution in [3.63, 3.8) is 0 Å². The van der Waals surface area contributed by atoms with Gasteiger partial charge in [0.2, 0.25) is 5.95 Å². The first-order valence-electron chi connectivity index (χ1n) is 15.1. The number of nitrogens with one attached hydrogen (secondary N) is 2. The lowest BCUT2D eigenvalue weighted by molar-refractivity contribution is 0.0118. The van der Waals surface area contributed by atoms with Crippen LogP contribution in [0.25, 0.3) is 5.65 Å². The number of piperidine rings is 1. The summed E-state index contributed by atoms with van der Waals surface area (Å²) in [6.07, 6.45) is 3.16. The highest BCUT2D eigenvalue weighted by Gasteiger charge is 2.34. The largest absolute Gasteiger partial charge is 0.385 e. The maximum Gasteiger partial charge on any atom is 0.251 e. The Hall–Kier alpha value is -3.99. The zero-order valence-corrected chi connectivity index (χ0v) is 25.2. The second-order valence-electron chi connectivity index (χ2n) is 12.4. The topological polar surface area (TPSA) is 107 Å². The Kier molecular flexibility index (Phi) is 8.09. The molecule has 4 aromatic rings. The van der Waals surface area contributed by atoms with E-state index in [-0.39, 0.29) is 11.4 Å². The van der Waals surface area contributed by atoms with E-state index in [0.29, 0.717) is 37.4 Å². The van der Waals surface area contributed by atoms with Gasteiger partial charge in [0.05, 0.1) is 24.5 Å². The molecule has 2 aliphatic rings. The van der Waals surface area contributed by atoms with E-state index in [1.807, 2.05) is 62.5 Å². The second-order valence-corrected chi connectivity index (χ2v) is 12.4. The minimum absolute atomic E-state index is 0.101. The number of morpholine rings is 1. The third-order valence-electron chi connectivity index (χ3n) is 8.44. The maximum atomic E-state index is 13.0. The molecule has 0 saturated carbocycles. The molecule has 2 aliphatic heterocycles. The lowest BCUT2D eigenvalue weighted by Crippen LogP contribution is -2.53. The maximum absolute atomic E-state index is 13.0. The van der Waals surface area contributed by atoms with E-state index in [4.69, 9.17) is 9.72 Å². The number of carbonyl (C=O) groups excluding carboxylic acids is 1. The molecular formula is C33H41N7O3. The van der Waals surface area contributed by atoms with Gasteiger partial charge in [-0.05, 0) is 75.6 Å². The van der Waals surface area contributed by atoms with Crippen LogP contribution in [0.3, 0.4) is 0 Å². The molecule has 226 valence electrons. The monoisotopic (exact) mass is 583 g/mol. The van der Waals surface area contributed by atoms with Crippen LogP contribution in [0.2, 0.25) is 0 Å². The SMILES string of the molecule is Cc1ccc(C2(O)CCN(c3cccn4nc(Nc5ccc(C(=O)NC(C)(C)CN6CCOCC6)cc5)nc34)CC2)cc1. The number of amides is 1. The molecule has 1 amide bonds. The van der Waals surface area contributed by atoms with Gasteiger partial charge in [-0.1, -0.05) is 29.8 Å². The molecule has 3 N–H and O–H groups in total. The number of hydrogen-bond acceptors (Lipinski definition) is 8. The fourth-order valence-electron chi connectivity index (χ4n) is 6.03. The van der Waals surface area contributed by atoms with Gasteiger partial charge >= 0.3 is 0 Å². The fraction of sp³-hybridized carbons (Fsp3) is 0.424. The first-order chi connectivity index (χ1) is 20.7. The van der Waals surface area contributed by atoms with Crippen LogP contribution in [-0.2, 0) is 10.3 Å². The Balaban J connectivity index is 1.09. The molecule has 4 heterocycles. The van der Waals surface area contributed by atoms with Crippen LogP contribution in [0, 0.1) is 6.92 Å². The molecule has 2 fully saturated rings.